The minimum absolute atomic E-state index is 0.00722. The van der Waals surface area contributed by atoms with E-state index in [1.807, 2.05) is 5.38 Å². The lowest BCUT2D eigenvalue weighted by Crippen LogP contribution is -2.09. The fraction of sp³-hybridized carbons (Fsp3) is 0.182. The van der Waals surface area contributed by atoms with Crippen molar-refractivity contribution < 1.29 is 4.92 Å². The van der Waals surface area contributed by atoms with Crippen LogP contribution in [0.25, 0.3) is 0 Å². The average Bonchev–Trinajstić information content (AvgIpc) is 2.91. The van der Waals surface area contributed by atoms with Gasteiger partial charge in [0, 0.05) is 42.4 Å². The summed E-state index contributed by atoms with van der Waals surface area (Å²) < 4.78 is 0. The summed E-state index contributed by atoms with van der Waals surface area (Å²) in [4.78, 5) is 14.5. The van der Waals surface area contributed by atoms with Crippen LogP contribution < -0.4 is 16.6 Å². The number of non-ortho nitro benzene ring substituents is 1. The maximum absolute atomic E-state index is 10.8. The molecule has 1 aromatic carbocycles. The third kappa shape index (κ3) is 3.63. The van der Waals surface area contributed by atoms with Crippen molar-refractivity contribution in [2.45, 2.75) is 6.42 Å². The highest BCUT2D eigenvalue weighted by molar-refractivity contribution is 7.09. The van der Waals surface area contributed by atoms with Crippen molar-refractivity contribution in [3.05, 3.63) is 44.9 Å². The fourth-order valence-corrected chi connectivity index (χ4v) is 2.21. The number of anilines is 2. The van der Waals surface area contributed by atoms with Crippen LogP contribution in [0.4, 0.5) is 17.1 Å². The summed E-state index contributed by atoms with van der Waals surface area (Å²) in [6.07, 6.45) is 2.52. The lowest BCUT2D eigenvalue weighted by atomic mass is 10.2. The number of rotatable bonds is 6. The molecule has 19 heavy (non-hydrogen) atoms. The van der Waals surface area contributed by atoms with Gasteiger partial charge in [0.15, 0.2) is 0 Å². The smallest absolute Gasteiger partial charge is 0.273 e. The predicted molar refractivity (Wildman–Crippen MR) is 75.2 cm³/mol. The molecule has 8 heteroatoms. The summed E-state index contributed by atoms with van der Waals surface area (Å²) in [7, 11) is 0. The van der Waals surface area contributed by atoms with Crippen LogP contribution in [0.1, 0.15) is 5.01 Å². The Morgan fingerprint density at radius 1 is 1.37 bits per heavy atom. The van der Waals surface area contributed by atoms with Crippen molar-refractivity contribution in [3.63, 3.8) is 0 Å². The van der Waals surface area contributed by atoms with Crippen LogP contribution in [0.2, 0.25) is 0 Å². The molecular weight excluding hydrogens is 266 g/mol. The molecule has 2 rings (SSSR count). The van der Waals surface area contributed by atoms with E-state index < -0.39 is 4.92 Å². The number of hydrogen-bond donors (Lipinski definition) is 3. The van der Waals surface area contributed by atoms with Gasteiger partial charge >= 0.3 is 0 Å². The second-order valence-corrected chi connectivity index (χ2v) is 4.75. The highest BCUT2D eigenvalue weighted by Crippen LogP contribution is 2.23. The summed E-state index contributed by atoms with van der Waals surface area (Å²) >= 11 is 1.58. The molecule has 0 radical (unpaired) electrons. The van der Waals surface area contributed by atoms with Crippen LogP contribution in [0.15, 0.2) is 29.8 Å². The first kappa shape index (κ1) is 13.2. The molecule has 2 aromatic rings. The second-order valence-electron chi connectivity index (χ2n) is 3.77. The molecule has 0 bridgehead atoms. The van der Waals surface area contributed by atoms with Gasteiger partial charge in [0.25, 0.3) is 5.69 Å². The Morgan fingerprint density at radius 2 is 2.16 bits per heavy atom. The van der Waals surface area contributed by atoms with Gasteiger partial charge < -0.3 is 10.7 Å². The molecule has 0 aliphatic carbocycles. The Balaban J connectivity index is 2.02. The highest BCUT2D eigenvalue weighted by Gasteiger charge is 2.09. The first-order valence-corrected chi connectivity index (χ1v) is 6.45. The number of hydrazine groups is 1. The zero-order chi connectivity index (χ0) is 13.7. The monoisotopic (exact) mass is 279 g/mol. The third-order valence-electron chi connectivity index (χ3n) is 2.45. The van der Waals surface area contributed by atoms with E-state index in [1.54, 1.807) is 23.6 Å². The molecule has 1 heterocycles. The fourth-order valence-electron chi connectivity index (χ4n) is 1.59. The van der Waals surface area contributed by atoms with Crippen molar-refractivity contribution in [3.8, 4) is 0 Å². The molecule has 0 aliphatic heterocycles. The van der Waals surface area contributed by atoms with E-state index in [0.717, 1.165) is 11.4 Å². The largest absolute Gasteiger partial charge is 0.384 e. The van der Waals surface area contributed by atoms with Gasteiger partial charge in [-0.3, -0.25) is 16.0 Å². The Kier molecular flexibility index (Phi) is 4.26. The van der Waals surface area contributed by atoms with Crippen LogP contribution in [0.5, 0.6) is 0 Å². The van der Waals surface area contributed by atoms with E-state index in [-0.39, 0.29) is 5.69 Å². The molecule has 0 spiro atoms. The van der Waals surface area contributed by atoms with Crippen LogP contribution in [-0.2, 0) is 6.42 Å². The molecule has 0 aliphatic rings. The number of hydrogen-bond acceptors (Lipinski definition) is 7. The van der Waals surface area contributed by atoms with Crippen molar-refractivity contribution in [1.29, 1.82) is 0 Å². The molecule has 0 unspecified atom stereocenters. The molecule has 0 saturated heterocycles. The third-order valence-corrected chi connectivity index (χ3v) is 3.29. The number of nitrogen functional groups attached to an aromatic ring is 1. The van der Waals surface area contributed by atoms with E-state index in [0.29, 0.717) is 17.9 Å². The van der Waals surface area contributed by atoms with E-state index in [9.17, 15) is 10.1 Å². The van der Waals surface area contributed by atoms with Crippen LogP contribution >= 0.6 is 11.3 Å². The molecule has 0 amide bonds. The number of nitrogens with zero attached hydrogens (tertiary/aromatic N) is 2. The molecule has 1 aromatic heterocycles. The van der Waals surface area contributed by atoms with Gasteiger partial charge in [-0.05, 0) is 6.07 Å². The standard InChI is InChI=1S/C11H13N5O2S/c12-15-9-5-8(6-10(7-9)16(17)18)13-2-1-11-14-3-4-19-11/h3-7,13,15H,1-2,12H2. The topological polar surface area (TPSA) is 106 Å². The van der Waals surface area contributed by atoms with Crippen molar-refractivity contribution >= 4 is 28.4 Å². The number of benzene rings is 1. The summed E-state index contributed by atoms with van der Waals surface area (Å²) in [5.74, 6) is 5.28. The SMILES string of the molecule is NNc1cc(NCCc2nccs2)cc([N+](=O)[O-])c1. The molecular formula is C11H13N5O2S. The number of nitro benzene ring substituents is 1. The molecule has 100 valence electrons. The summed E-state index contributed by atoms with van der Waals surface area (Å²) in [5, 5.41) is 16.8. The Morgan fingerprint density at radius 3 is 2.79 bits per heavy atom. The van der Waals surface area contributed by atoms with E-state index >= 15 is 0 Å². The molecule has 7 nitrogen and oxygen atoms in total. The quantitative estimate of drug-likeness (QED) is 0.424. The lowest BCUT2D eigenvalue weighted by Gasteiger charge is -2.07. The predicted octanol–water partition coefficient (Wildman–Crippen LogP) is 1.99. The van der Waals surface area contributed by atoms with Gasteiger partial charge in [-0.25, -0.2) is 4.98 Å². The minimum atomic E-state index is -0.452. The number of nitro groups is 1. The van der Waals surface area contributed by atoms with Crippen molar-refractivity contribution in [1.82, 2.24) is 4.98 Å². The van der Waals surface area contributed by atoms with Crippen LogP contribution in [-0.4, -0.2) is 16.5 Å². The second kappa shape index (κ2) is 6.12. The normalized spacial score (nSPS) is 10.2. The van der Waals surface area contributed by atoms with Gasteiger partial charge in [-0.2, -0.15) is 0 Å². The van der Waals surface area contributed by atoms with Crippen molar-refractivity contribution in [2.24, 2.45) is 5.84 Å². The van der Waals surface area contributed by atoms with Gasteiger partial charge in [-0.1, -0.05) is 0 Å². The van der Waals surface area contributed by atoms with Gasteiger partial charge in [0.1, 0.15) is 0 Å². The maximum Gasteiger partial charge on any atom is 0.273 e. The van der Waals surface area contributed by atoms with E-state index in [1.165, 1.54) is 12.1 Å². The van der Waals surface area contributed by atoms with Gasteiger partial charge in [0.2, 0.25) is 0 Å². The van der Waals surface area contributed by atoms with Crippen molar-refractivity contribution in [2.75, 3.05) is 17.3 Å². The van der Waals surface area contributed by atoms with Gasteiger partial charge in [-0.15, -0.1) is 11.3 Å². The molecule has 0 atom stereocenters. The van der Waals surface area contributed by atoms with E-state index in [4.69, 9.17) is 5.84 Å². The highest BCUT2D eigenvalue weighted by atomic mass is 32.1. The lowest BCUT2D eigenvalue weighted by molar-refractivity contribution is -0.384. The Labute approximate surface area is 113 Å². The van der Waals surface area contributed by atoms with Gasteiger partial charge in [0.05, 0.1) is 15.6 Å². The van der Waals surface area contributed by atoms with Crippen LogP contribution in [0.3, 0.4) is 0 Å². The number of nitrogens with one attached hydrogen (secondary N) is 2. The minimum Gasteiger partial charge on any atom is -0.384 e. The number of nitrogens with two attached hydrogens (primary N) is 1. The Bertz CT molecular complexity index is 558. The number of aromatic nitrogens is 1. The Hall–Kier alpha value is -2.19. The maximum atomic E-state index is 10.8. The first-order chi connectivity index (χ1) is 9.19. The van der Waals surface area contributed by atoms with Crippen LogP contribution in [0, 0.1) is 10.1 Å². The number of thiazole rings is 1. The molecule has 0 fully saturated rings. The average molecular weight is 279 g/mol. The zero-order valence-corrected chi connectivity index (χ0v) is 10.8. The summed E-state index contributed by atoms with van der Waals surface area (Å²) in [6.45, 7) is 0.651. The summed E-state index contributed by atoms with van der Waals surface area (Å²) in [6, 6.07) is 4.57. The zero-order valence-electron chi connectivity index (χ0n) is 10.00. The molecule has 4 N–H and O–H groups in total. The summed E-state index contributed by atoms with van der Waals surface area (Å²) in [5.41, 5.74) is 3.55. The first-order valence-electron chi connectivity index (χ1n) is 5.57. The van der Waals surface area contributed by atoms with E-state index in [2.05, 4.69) is 15.7 Å². The molecule has 0 saturated carbocycles.